The SMILES string of the molecule is CCOc1ccc([C@H](C)NC(=O)c2ccc(S(=O)(=O)N3C[C@@H](C)O[C@@H](C)C3)cc2)cc1. The van der Waals surface area contributed by atoms with Crippen molar-refractivity contribution in [2.75, 3.05) is 19.7 Å². The number of benzene rings is 2. The number of nitrogens with zero attached hydrogens (tertiary/aromatic N) is 1. The van der Waals surface area contributed by atoms with Crippen LogP contribution in [0.25, 0.3) is 0 Å². The molecule has 1 heterocycles. The molecule has 1 amide bonds. The van der Waals surface area contributed by atoms with Crippen molar-refractivity contribution in [3.05, 3.63) is 59.7 Å². The monoisotopic (exact) mass is 446 g/mol. The molecule has 2 aromatic carbocycles. The van der Waals surface area contributed by atoms with Gasteiger partial charge in [0, 0.05) is 18.7 Å². The fourth-order valence-corrected chi connectivity index (χ4v) is 5.23. The van der Waals surface area contributed by atoms with Gasteiger partial charge in [0.1, 0.15) is 5.75 Å². The van der Waals surface area contributed by atoms with Gasteiger partial charge in [-0.3, -0.25) is 4.79 Å². The second-order valence-electron chi connectivity index (χ2n) is 7.80. The fourth-order valence-electron chi connectivity index (χ4n) is 3.64. The van der Waals surface area contributed by atoms with Crippen LogP contribution in [0, 0.1) is 0 Å². The number of morpholine rings is 1. The fraction of sp³-hybridized carbons (Fsp3) is 0.435. The van der Waals surface area contributed by atoms with E-state index in [0.29, 0.717) is 25.3 Å². The molecule has 0 unspecified atom stereocenters. The van der Waals surface area contributed by atoms with Crippen LogP contribution in [0.3, 0.4) is 0 Å². The van der Waals surface area contributed by atoms with Crippen LogP contribution in [0.5, 0.6) is 5.75 Å². The predicted octanol–water partition coefficient (Wildman–Crippen LogP) is 3.37. The molecule has 1 fully saturated rings. The molecule has 1 saturated heterocycles. The smallest absolute Gasteiger partial charge is 0.251 e. The van der Waals surface area contributed by atoms with Crippen molar-refractivity contribution >= 4 is 15.9 Å². The zero-order valence-electron chi connectivity index (χ0n) is 18.4. The lowest BCUT2D eigenvalue weighted by Crippen LogP contribution is -2.48. The summed E-state index contributed by atoms with van der Waals surface area (Å²) in [5.41, 5.74) is 1.35. The Hall–Kier alpha value is -2.42. The Bertz CT molecular complexity index is 980. The Morgan fingerprint density at radius 2 is 1.68 bits per heavy atom. The maximum Gasteiger partial charge on any atom is 0.251 e. The molecule has 0 bridgehead atoms. The standard InChI is InChI=1S/C23H30N2O5S/c1-5-29-21-10-6-19(7-11-21)18(4)24-23(26)20-8-12-22(13-9-20)31(27,28)25-14-16(2)30-17(3)15-25/h6-13,16-18H,5,14-15H2,1-4H3,(H,24,26)/t16-,17+,18-/m0/s1. The second-order valence-corrected chi connectivity index (χ2v) is 9.74. The number of rotatable bonds is 7. The van der Waals surface area contributed by atoms with Crippen molar-refractivity contribution in [1.82, 2.24) is 9.62 Å². The van der Waals surface area contributed by atoms with Gasteiger partial charge in [0.15, 0.2) is 0 Å². The zero-order valence-corrected chi connectivity index (χ0v) is 19.2. The van der Waals surface area contributed by atoms with Gasteiger partial charge >= 0.3 is 0 Å². The molecule has 31 heavy (non-hydrogen) atoms. The number of nitrogens with one attached hydrogen (secondary N) is 1. The van der Waals surface area contributed by atoms with Crippen LogP contribution in [0.4, 0.5) is 0 Å². The summed E-state index contributed by atoms with van der Waals surface area (Å²) in [7, 11) is -3.64. The molecular weight excluding hydrogens is 416 g/mol. The molecule has 1 aliphatic rings. The first-order chi connectivity index (χ1) is 14.7. The van der Waals surface area contributed by atoms with Gasteiger partial charge in [-0.15, -0.1) is 0 Å². The number of hydrogen-bond donors (Lipinski definition) is 1. The van der Waals surface area contributed by atoms with E-state index in [9.17, 15) is 13.2 Å². The van der Waals surface area contributed by atoms with Crippen LogP contribution in [0.2, 0.25) is 0 Å². The van der Waals surface area contributed by atoms with Gasteiger partial charge < -0.3 is 14.8 Å². The Labute approximate surface area is 184 Å². The van der Waals surface area contributed by atoms with E-state index in [-0.39, 0.29) is 29.1 Å². The molecule has 0 aromatic heterocycles. The topological polar surface area (TPSA) is 84.9 Å². The maximum atomic E-state index is 13.0. The Kier molecular flexibility index (Phi) is 7.35. The summed E-state index contributed by atoms with van der Waals surface area (Å²) in [6.45, 7) is 8.76. The highest BCUT2D eigenvalue weighted by Gasteiger charge is 2.32. The summed E-state index contributed by atoms with van der Waals surface area (Å²) >= 11 is 0. The van der Waals surface area contributed by atoms with Crippen LogP contribution < -0.4 is 10.1 Å². The molecule has 0 spiro atoms. The molecule has 0 aliphatic carbocycles. The van der Waals surface area contributed by atoms with Crippen LogP contribution in [-0.2, 0) is 14.8 Å². The first kappa shape index (κ1) is 23.2. The van der Waals surface area contributed by atoms with E-state index >= 15 is 0 Å². The summed E-state index contributed by atoms with van der Waals surface area (Å²) in [6, 6.07) is 13.4. The van der Waals surface area contributed by atoms with Crippen molar-refractivity contribution in [3.63, 3.8) is 0 Å². The van der Waals surface area contributed by atoms with E-state index < -0.39 is 10.0 Å². The molecule has 0 radical (unpaired) electrons. The Morgan fingerprint density at radius 3 is 2.23 bits per heavy atom. The van der Waals surface area contributed by atoms with Crippen LogP contribution in [-0.4, -0.2) is 50.5 Å². The minimum Gasteiger partial charge on any atom is -0.494 e. The number of carbonyl (C=O) groups is 1. The summed E-state index contributed by atoms with van der Waals surface area (Å²) < 4.78 is 38.4. The van der Waals surface area contributed by atoms with E-state index in [4.69, 9.17) is 9.47 Å². The minimum atomic E-state index is -3.64. The van der Waals surface area contributed by atoms with E-state index in [2.05, 4.69) is 5.32 Å². The lowest BCUT2D eigenvalue weighted by atomic mass is 10.1. The average molecular weight is 447 g/mol. The maximum absolute atomic E-state index is 13.0. The number of hydrogen-bond acceptors (Lipinski definition) is 5. The van der Waals surface area contributed by atoms with Gasteiger partial charge in [-0.25, -0.2) is 8.42 Å². The first-order valence-electron chi connectivity index (χ1n) is 10.5. The third kappa shape index (κ3) is 5.64. The zero-order chi connectivity index (χ0) is 22.6. The van der Waals surface area contributed by atoms with Crippen molar-refractivity contribution in [2.24, 2.45) is 0 Å². The third-order valence-electron chi connectivity index (χ3n) is 5.18. The largest absolute Gasteiger partial charge is 0.494 e. The number of amides is 1. The molecule has 1 N–H and O–H groups in total. The third-order valence-corrected chi connectivity index (χ3v) is 7.02. The van der Waals surface area contributed by atoms with Crippen LogP contribution >= 0.6 is 0 Å². The molecule has 2 aromatic rings. The minimum absolute atomic E-state index is 0.160. The highest BCUT2D eigenvalue weighted by Crippen LogP contribution is 2.22. The molecule has 1 aliphatic heterocycles. The van der Waals surface area contributed by atoms with Crippen molar-refractivity contribution < 1.29 is 22.7 Å². The summed E-state index contributed by atoms with van der Waals surface area (Å²) in [5.74, 6) is 0.518. The molecule has 0 saturated carbocycles. The Balaban J connectivity index is 1.67. The summed E-state index contributed by atoms with van der Waals surface area (Å²) in [6.07, 6.45) is -0.319. The van der Waals surface area contributed by atoms with Gasteiger partial charge in [-0.2, -0.15) is 4.31 Å². The number of carbonyl (C=O) groups excluding carboxylic acids is 1. The van der Waals surface area contributed by atoms with Crippen molar-refractivity contribution in [3.8, 4) is 5.75 Å². The highest BCUT2D eigenvalue weighted by atomic mass is 32.2. The van der Waals surface area contributed by atoms with Gasteiger partial charge in [0.05, 0.1) is 29.8 Å². The van der Waals surface area contributed by atoms with Gasteiger partial charge in [-0.1, -0.05) is 12.1 Å². The van der Waals surface area contributed by atoms with Gasteiger partial charge in [-0.05, 0) is 69.7 Å². The average Bonchev–Trinajstić information content (AvgIpc) is 2.74. The molecule has 3 atom stereocenters. The quantitative estimate of drug-likeness (QED) is 0.705. The number of ether oxygens (including phenoxy) is 2. The molecule has 168 valence electrons. The molecule has 8 heteroatoms. The second kappa shape index (κ2) is 9.80. The van der Waals surface area contributed by atoms with Crippen molar-refractivity contribution in [2.45, 2.75) is 50.8 Å². The number of sulfonamides is 1. The highest BCUT2D eigenvalue weighted by molar-refractivity contribution is 7.89. The lowest BCUT2D eigenvalue weighted by Gasteiger charge is -2.34. The van der Waals surface area contributed by atoms with E-state index in [1.165, 1.54) is 16.4 Å². The van der Waals surface area contributed by atoms with Crippen molar-refractivity contribution in [1.29, 1.82) is 0 Å². The predicted molar refractivity (Wildman–Crippen MR) is 119 cm³/mol. The van der Waals surface area contributed by atoms with Crippen LogP contribution in [0.1, 0.15) is 49.7 Å². The van der Waals surface area contributed by atoms with E-state index in [1.54, 1.807) is 12.1 Å². The van der Waals surface area contributed by atoms with E-state index in [1.807, 2.05) is 52.0 Å². The van der Waals surface area contributed by atoms with Gasteiger partial charge in [0.25, 0.3) is 5.91 Å². The van der Waals surface area contributed by atoms with E-state index in [0.717, 1.165) is 11.3 Å². The summed E-state index contributed by atoms with van der Waals surface area (Å²) in [4.78, 5) is 12.8. The van der Waals surface area contributed by atoms with Crippen LogP contribution in [0.15, 0.2) is 53.4 Å². The molecular formula is C23H30N2O5S. The molecule has 7 nitrogen and oxygen atoms in total. The van der Waals surface area contributed by atoms with Gasteiger partial charge in [0.2, 0.25) is 10.0 Å². The lowest BCUT2D eigenvalue weighted by molar-refractivity contribution is -0.0440. The molecule has 3 rings (SSSR count). The normalized spacial score (nSPS) is 20.8. The summed E-state index contributed by atoms with van der Waals surface area (Å²) in [5, 5.41) is 2.94. The Morgan fingerprint density at radius 1 is 1.10 bits per heavy atom. The first-order valence-corrected chi connectivity index (χ1v) is 11.9.